The summed E-state index contributed by atoms with van der Waals surface area (Å²) in [6.45, 7) is 1.55. The van der Waals surface area contributed by atoms with Gasteiger partial charge in [-0.3, -0.25) is 14.9 Å². The molecule has 0 radical (unpaired) electrons. The van der Waals surface area contributed by atoms with E-state index in [4.69, 9.17) is 12.2 Å². The van der Waals surface area contributed by atoms with E-state index in [1.807, 2.05) is 23.1 Å². The molecule has 0 spiro atoms. The van der Waals surface area contributed by atoms with Gasteiger partial charge in [0.25, 0.3) is 11.8 Å². The smallest absolute Gasteiger partial charge is 0.257 e. The second kappa shape index (κ2) is 9.80. The molecule has 146 valence electrons. The molecule has 0 bridgehead atoms. The molecule has 2 N–H and O–H groups in total. The maximum Gasteiger partial charge on any atom is 0.257 e. The highest BCUT2D eigenvalue weighted by Gasteiger charge is 2.20. The van der Waals surface area contributed by atoms with E-state index in [2.05, 4.69) is 26.6 Å². The first-order valence-corrected chi connectivity index (χ1v) is 10.5. The summed E-state index contributed by atoms with van der Waals surface area (Å²) in [5.41, 5.74) is 1.65. The normalized spacial score (nSPS) is 14.1. The summed E-state index contributed by atoms with van der Waals surface area (Å²) in [5.74, 6) is -0.318. The van der Waals surface area contributed by atoms with Crippen molar-refractivity contribution in [2.24, 2.45) is 0 Å². The van der Waals surface area contributed by atoms with Gasteiger partial charge in [0, 0.05) is 23.1 Å². The zero-order chi connectivity index (χ0) is 19.9. The summed E-state index contributed by atoms with van der Waals surface area (Å²) < 4.78 is 0.812. The van der Waals surface area contributed by atoms with Crippen LogP contribution in [0.3, 0.4) is 0 Å². The maximum absolute atomic E-state index is 13.0. The summed E-state index contributed by atoms with van der Waals surface area (Å²) in [5, 5.41) is 5.82. The number of benzene rings is 2. The van der Waals surface area contributed by atoms with E-state index in [1.54, 1.807) is 30.3 Å². The highest BCUT2D eigenvalue weighted by molar-refractivity contribution is 9.10. The molecule has 2 aromatic rings. The van der Waals surface area contributed by atoms with Gasteiger partial charge < -0.3 is 10.2 Å². The third-order valence-electron chi connectivity index (χ3n) is 4.61. The fourth-order valence-electron chi connectivity index (χ4n) is 3.18. The third-order valence-corrected chi connectivity index (χ3v) is 5.31. The van der Waals surface area contributed by atoms with Gasteiger partial charge >= 0.3 is 0 Å². The summed E-state index contributed by atoms with van der Waals surface area (Å²) in [6.07, 6.45) is 4.38. The van der Waals surface area contributed by atoms with Crippen molar-refractivity contribution in [3.8, 4) is 0 Å². The molecule has 1 aliphatic heterocycles. The molecule has 0 unspecified atom stereocenters. The first kappa shape index (κ1) is 20.5. The average molecular weight is 460 g/mol. The number of rotatable bonds is 3. The van der Waals surface area contributed by atoms with Gasteiger partial charge in [-0.15, -0.1) is 0 Å². The lowest BCUT2D eigenvalue weighted by Gasteiger charge is -2.22. The number of nitrogens with one attached hydrogen (secondary N) is 2. The predicted octanol–water partition coefficient (Wildman–Crippen LogP) is 4.59. The van der Waals surface area contributed by atoms with E-state index >= 15 is 0 Å². The molecule has 0 aromatic heterocycles. The van der Waals surface area contributed by atoms with Crippen LogP contribution in [0.5, 0.6) is 0 Å². The summed E-state index contributed by atoms with van der Waals surface area (Å²) >= 11 is 8.64. The predicted molar refractivity (Wildman–Crippen MR) is 119 cm³/mol. The number of hydrogen-bond donors (Lipinski definition) is 2. The molecule has 0 atom stereocenters. The molecule has 1 heterocycles. The Morgan fingerprint density at radius 3 is 2.39 bits per heavy atom. The zero-order valence-electron chi connectivity index (χ0n) is 15.4. The number of para-hydroxylation sites is 1. The zero-order valence-corrected chi connectivity index (χ0v) is 17.8. The Bertz CT molecular complexity index is 879. The van der Waals surface area contributed by atoms with Crippen molar-refractivity contribution in [3.05, 3.63) is 64.1 Å². The Balaban J connectivity index is 1.69. The Labute approximate surface area is 178 Å². The van der Waals surface area contributed by atoms with Gasteiger partial charge in [-0.2, -0.15) is 0 Å². The van der Waals surface area contributed by atoms with Gasteiger partial charge in [-0.25, -0.2) is 0 Å². The Morgan fingerprint density at radius 1 is 0.964 bits per heavy atom. The van der Waals surface area contributed by atoms with Crippen LogP contribution in [-0.4, -0.2) is 34.9 Å². The van der Waals surface area contributed by atoms with Gasteiger partial charge in [0.1, 0.15) is 0 Å². The van der Waals surface area contributed by atoms with Crippen LogP contribution in [0.2, 0.25) is 0 Å². The summed E-state index contributed by atoms with van der Waals surface area (Å²) in [4.78, 5) is 27.3. The lowest BCUT2D eigenvalue weighted by molar-refractivity contribution is 0.0762. The molecule has 28 heavy (non-hydrogen) atoms. The van der Waals surface area contributed by atoms with Crippen LogP contribution in [0, 0.1) is 0 Å². The van der Waals surface area contributed by atoms with Gasteiger partial charge in [-0.05, 0) is 55.4 Å². The van der Waals surface area contributed by atoms with Crippen molar-refractivity contribution in [2.75, 3.05) is 18.4 Å². The third kappa shape index (κ3) is 5.39. The number of likely N-dealkylation sites (tertiary alicyclic amines) is 1. The summed E-state index contributed by atoms with van der Waals surface area (Å²) in [6, 6.07) is 14.3. The number of nitrogens with zero attached hydrogens (tertiary/aromatic N) is 1. The van der Waals surface area contributed by atoms with Crippen molar-refractivity contribution in [2.45, 2.75) is 25.7 Å². The molecule has 2 aromatic carbocycles. The maximum atomic E-state index is 13.0. The summed E-state index contributed by atoms with van der Waals surface area (Å²) in [7, 11) is 0. The number of carbonyl (C=O) groups excluding carboxylic acids is 2. The number of carbonyl (C=O) groups is 2. The number of halogens is 1. The molecule has 1 saturated heterocycles. The van der Waals surface area contributed by atoms with Crippen molar-refractivity contribution >= 4 is 50.8 Å². The van der Waals surface area contributed by atoms with E-state index in [-0.39, 0.29) is 16.9 Å². The largest absolute Gasteiger partial charge is 0.339 e. The average Bonchev–Trinajstić information content (AvgIpc) is 2.97. The second-order valence-corrected chi connectivity index (χ2v) is 7.99. The molecule has 1 aliphatic rings. The Kier molecular flexibility index (Phi) is 7.17. The fraction of sp³-hybridized carbons (Fsp3) is 0.286. The topological polar surface area (TPSA) is 61.4 Å². The molecule has 0 saturated carbocycles. The van der Waals surface area contributed by atoms with E-state index < -0.39 is 0 Å². The lowest BCUT2D eigenvalue weighted by atomic mass is 10.1. The van der Waals surface area contributed by atoms with Crippen molar-refractivity contribution in [1.29, 1.82) is 0 Å². The molecule has 1 fully saturated rings. The van der Waals surface area contributed by atoms with Crippen LogP contribution in [0.25, 0.3) is 0 Å². The molecule has 0 aliphatic carbocycles. The standard InChI is InChI=1S/C21H22BrN3O2S/c22-16-9-7-8-15(14-16)19(26)24-21(28)23-18-11-4-3-10-17(18)20(27)25-12-5-1-2-6-13-25/h3-4,7-11,14H,1-2,5-6,12-13H2,(H2,23,24,26,28). The van der Waals surface area contributed by atoms with E-state index in [1.165, 1.54) is 0 Å². The minimum Gasteiger partial charge on any atom is -0.339 e. The van der Waals surface area contributed by atoms with Crippen LogP contribution in [0.1, 0.15) is 46.4 Å². The van der Waals surface area contributed by atoms with Crippen molar-refractivity contribution in [1.82, 2.24) is 10.2 Å². The first-order chi connectivity index (χ1) is 13.5. The van der Waals surface area contributed by atoms with Crippen LogP contribution >= 0.6 is 28.1 Å². The van der Waals surface area contributed by atoms with E-state index in [0.29, 0.717) is 16.8 Å². The van der Waals surface area contributed by atoms with Gasteiger partial charge in [-0.1, -0.05) is 47.0 Å². The highest BCUT2D eigenvalue weighted by Crippen LogP contribution is 2.20. The quantitative estimate of drug-likeness (QED) is 0.658. The highest BCUT2D eigenvalue weighted by atomic mass is 79.9. The number of amides is 2. The van der Waals surface area contributed by atoms with Crippen LogP contribution < -0.4 is 10.6 Å². The van der Waals surface area contributed by atoms with Gasteiger partial charge in [0.05, 0.1) is 11.3 Å². The van der Waals surface area contributed by atoms with Gasteiger partial charge in [0.15, 0.2) is 5.11 Å². The number of anilines is 1. The Hall–Kier alpha value is -2.25. The van der Waals surface area contributed by atoms with Crippen LogP contribution in [0.4, 0.5) is 5.69 Å². The van der Waals surface area contributed by atoms with E-state index in [0.717, 1.165) is 43.2 Å². The molecule has 2 amide bonds. The number of thiocarbonyl (C=S) groups is 1. The lowest BCUT2D eigenvalue weighted by Crippen LogP contribution is -2.36. The first-order valence-electron chi connectivity index (χ1n) is 9.31. The minimum atomic E-state index is -0.310. The Morgan fingerprint density at radius 2 is 1.68 bits per heavy atom. The monoisotopic (exact) mass is 459 g/mol. The van der Waals surface area contributed by atoms with E-state index in [9.17, 15) is 9.59 Å². The minimum absolute atomic E-state index is 0.00823. The SMILES string of the molecule is O=C(NC(=S)Nc1ccccc1C(=O)N1CCCCCC1)c1cccc(Br)c1. The van der Waals surface area contributed by atoms with Crippen LogP contribution in [0.15, 0.2) is 53.0 Å². The molecule has 5 nitrogen and oxygen atoms in total. The second-order valence-electron chi connectivity index (χ2n) is 6.67. The molecular weight excluding hydrogens is 438 g/mol. The van der Waals surface area contributed by atoms with Gasteiger partial charge in [0.2, 0.25) is 0 Å². The number of hydrogen-bond acceptors (Lipinski definition) is 3. The fourth-order valence-corrected chi connectivity index (χ4v) is 3.78. The molecule has 3 rings (SSSR count). The van der Waals surface area contributed by atoms with Crippen LogP contribution in [-0.2, 0) is 0 Å². The van der Waals surface area contributed by atoms with Crippen molar-refractivity contribution < 1.29 is 9.59 Å². The molecular formula is C21H22BrN3O2S. The van der Waals surface area contributed by atoms with Crippen molar-refractivity contribution in [3.63, 3.8) is 0 Å². The molecule has 7 heteroatoms.